The molecule has 1 amide bonds. The fraction of sp³-hybridized carbons (Fsp3) is 0.188. The molecule has 0 saturated heterocycles. The Morgan fingerprint density at radius 2 is 1.64 bits per heavy atom. The molecule has 6 heteroatoms. The molecular weight excluding hydrogens is 312 g/mol. The standard InChI is InChI=1S/C16H14ClF2NO2/c1-16(2,22-11-8-6-10(17)7-9-11)15(21)20-14-12(18)4-3-5-13(14)19/h3-9H,1-2H3,(H,20,21). The van der Waals surface area contributed by atoms with E-state index in [-0.39, 0.29) is 0 Å². The summed E-state index contributed by atoms with van der Waals surface area (Å²) in [7, 11) is 0. The lowest BCUT2D eigenvalue weighted by Gasteiger charge is -2.25. The first-order chi connectivity index (χ1) is 10.3. The number of halogens is 3. The Morgan fingerprint density at radius 3 is 2.18 bits per heavy atom. The zero-order valence-electron chi connectivity index (χ0n) is 12.0. The van der Waals surface area contributed by atoms with Gasteiger partial charge in [-0.25, -0.2) is 8.78 Å². The summed E-state index contributed by atoms with van der Waals surface area (Å²) < 4.78 is 32.7. The van der Waals surface area contributed by atoms with Crippen LogP contribution in [0, 0.1) is 11.6 Å². The summed E-state index contributed by atoms with van der Waals surface area (Å²) in [5, 5.41) is 2.74. The van der Waals surface area contributed by atoms with Crippen molar-refractivity contribution in [3.8, 4) is 5.75 Å². The van der Waals surface area contributed by atoms with Crippen molar-refractivity contribution in [2.45, 2.75) is 19.4 Å². The highest BCUT2D eigenvalue weighted by molar-refractivity contribution is 6.30. The van der Waals surface area contributed by atoms with Gasteiger partial charge in [-0.05, 0) is 50.2 Å². The molecule has 0 spiro atoms. The number of rotatable bonds is 4. The molecule has 0 fully saturated rings. The zero-order chi connectivity index (χ0) is 16.3. The first kappa shape index (κ1) is 16.2. The van der Waals surface area contributed by atoms with Crippen LogP contribution in [0.5, 0.6) is 5.75 Å². The SMILES string of the molecule is CC(C)(Oc1ccc(Cl)cc1)C(=O)Nc1c(F)cccc1F. The highest BCUT2D eigenvalue weighted by Crippen LogP contribution is 2.24. The molecule has 0 aliphatic rings. The number of carbonyl (C=O) groups excluding carboxylic acids is 1. The van der Waals surface area contributed by atoms with Gasteiger partial charge in [0.1, 0.15) is 23.1 Å². The fourth-order valence-corrected chi connectivity index (χ4v) is 1.85. The lowest BCUT2D eigenvalue weighted by atomic mass is 10.1. The van der Waals surface area contributed by atoms with Crippen LogP contribution < -0.4 is 10.1 Å². The van der Waals surface area contributed by atoms with E-state index in [0.717, 1.165) is 12.1 Å². The smallest absolute Gasteiger partial charge is 0.268 e. The maximum Gasteiger partial charge on any atom is 0.268 e. The quantitative estimate of drug-likeness (QED) is 0.904. The molecule has 0 aromatic heterocycles. The Bertz CT molecular complexity index is 667. The molecule has 116 valence electrons. The largest absolute Gasteiger partial charge is 0.478 e. The molecule has 1 N–H and O–H groups in total. The first-order valence-electron chi connectivity index (χ1n) is 6.49. The predicted molar refractivity (Wildman–Crippen MR) is 81.1 cm³/mol. The highest BCUT2D eigenvalue weighted by atomic mass is 35.5. The van der Waals surface area contributed by atoms with Crippen LogP contribution in [0.2, 0.25) is 5.02 Å². The van der Waals surface area contributed by atoms with E-state index in [4.69, 9.17) is 16.3 Å². The summed E-state index contributed by atoms with van der Waals surface area (Å²) in [6.45, 7) is 2.99. The number of hydrogen-bond donors (Lipinski definition) is 1. The van der Waals surface area contributed by atoms with Crippen LogP contribution in [-0.2, 0) is 4.79 Å². The molecule has 0 aliphatic carbocycles. The molecule has 0 unspecified atom stereocenters. The number of amides is 1. The Hall–Kier alpha value is -2.14. The van der Waals surface area contributed by atoms with Crippen LogP contribution in [0.25, 0.3) is 0 Å². The zero-order valence-corrected chi connectivity index (χ0v) is 12.7. The predicted octanol–water partition coefficient (Wildman–Crippen LogP) is 4.41. The third-order valence-electron chi connectivity index (χ3n) is 2.93. The van der Waals surface area contributed by atoms with Crippen molar-refractivity contribution < 1.29 is 18.3 Å². The minimum atomic E-state index is -1.33. The molecule has 2 rings (SSSR count). The third kappa shape index (κ3) is 3.74. The van der Waals surface area contributed by atoms with Crippen molar-refractivity contribution in [2.24, 2.45) is 0 Å². The second-order valence-corrected chi connectivity index (χ2v) is 5.55. The normalized spacial score (nSPS) is 11.1. The van der Waals surface area contributed by atoms with Gasteiger partial charge in [0.2, 0.25) is 0 Å². The number of nitrogens with one attached hydrogen (secondary N) is 1. The van der Waals surface area contributed by atoms with Gasteiger partial charge in [-0.1, -0.05) is 17.7 Å². The molecule has 2 aromatic rings. The topological polar surface area (TPSA) is 38.3 Å². The average Bonchev–Trinajstić information content (AvgIpc) is 2.45. The molecule has 2 aromatic carbocycles. The number of para-hydroxylation sites is 1. The molecule has 0 radical (unpaired) electrons. The number of ether oxygens (including phenoxy) is 1. The van der Waals surface area contributed by atoms with Gasteiger partial charge in [-0.3, -0.25) is 4.79 Å². The fourth-order valence-electron chi connectivity index (χ4n) is 1.72. The van der Waals surface area contributed by atoms with Gasteiger partial charge in [0.15, 0.2) is 5.60 Å². The van der Waals surface area contributed by atoms with E-state index in [9.17, 15) is 13.6 Å². The Kier molecular flexibility index (Phi) is 4.66. The van der Waals surface area contributed by atoms with Gasteiger partial charge in [-0.2, -0.15) is 0 Å². The first-order valence-corrected chi connectivity index (χ1v) is 6.87. The summed E-state index contributed by atoms with van der Waals surface area (Å²) in [6.07, 6.45) is 0. The van der Waals surface area contributed by atoms with Crippen LogP contribution in [0.15, 0.2) is 42.5 Å². The highest BCUT2D eigenvalue weighted by Gasteiger charge is 2.31. The van der Waals surface area contributed by atoms with Crippen LogP contribution in [0.4, 0.5) is 14.5 Å². The van der Waals surface area contributed by atoms with Gasteiger partial charge in [0, 0.05) is 5.02 Å². The van der Waals surface area contributed by atoms with Crippen LogP contribution in [-0.4, -0.2) is 11.5 Å². The number of anilines is 1. The molecule has 0 bridgehead atoms. The average molecular weight is 326 g/mol. The van der Waals surface area contributed by atoms with Crippen molar-refractivity contribution in [1.82, 2.24) is 0 Å². The van der Waals surface area contributed by atoms with E-state index in [1.165, 1.54) is 19.9 Å². The molecule has 0 heterocycles. The number of carbonyl (C=O) groups is 1. The van der Waals surface area contributed by atoms with Crippen molar-refractivity contribution in [3.05, 3.63) is 59.1 Å². The Balaban J connectivity index is 2.15. The minimum Gasteiger partial charge on any atom is -0.478 e. The van der Waals surface area contributed by atoms with Crippen molar-refractivity contribution in [1.29, 1.82) is 0 Å². The summed E-state index contributed by atoms with van der Waals surface area (Å²) in [5.41, 5.74) is -1.83. The van der Waals surface area contributed by atoms with E-state index in [1.807, 2.05) is 0 Å². The molecule has 0 atom stereocenters. The summed E-state index contributed by atoms with van der Waals surface area (Å²) in [4.78, 5) is 12.2. The lowest BCUT2D eigenvalue weighted by Crippen LogP contribution is -2.42. The molecule has 0 saturated carbocycles. The second-order valence-electron chi connectivity index (χ2n) is 5.12. The van der Waals surface area contributed by atoms with E-state index in [1.54, 1.807) is 24.3 Å². The van der Waals surface area contributed by atoms with E-state index >= 15 is 0 Å². The third-order valence-corrected chi connectivity index (χ3v) is 3.19. The molecular formula is C16H14ClF2NO2. The Labute approximate surface area is 131 Å². The van der Waals surface area contributed by atoms with Crippen molar-refractivity contribution in [3.63, 3.8) is 0 Å². The van der Waals surface area contributed by atoms with Gasteiger partial charge < -0.3 is 10.1 Å². The van der Waals surface area contributed by atoms with Gasteiger partial charge >= 0.3 is 0 Å². The van der Waals surface area contributed by atoms with Crippen molar-refractivity contribution in [2.75, 3.05) is 5.32 Å². The number of hydrogen-bond acceptors (Lipinski definition) is 2. The minimum absolute atomic E-state index is 0.415. The monoisotopic (exact) mass is 325 g/mol. The molecule has 22 heavy (non-hydrogen) atoms. The van der Waals surface area contributed by atoms with Gasteiger partial charge in [0.05, 0.1) is 0 Å². The van der Waals surface area contributed by atoms with Crippen LogP contribution in [0.3, 0.4) is 0 Å². The summed E-state index contributed by atoms with van der Waals surface area (Å²) in [5.74, 6) is -1.96. The Morgan fingerprint density at radius 1 is 1.09 bits per heavy atom. The van der Waals surface area contributed by atoms with E-state index in [2.05, 4.69) is 5.32 Å². The second kappa shape index (κ2) is 6.32. The van der Waals surface area contributed by atoms with Crippen LogP contribution >= 0.6 is 11.6 Å². The van der Waals surface area contributed by atoms with Gasteiger partial charge in [-0.15, -0.1) is 0 Å². The summed E-state index contributed by atoms with van der Waals surface area (Å²) in [6, 6.07) is 9.76. The van der Waals surface area contributed by atoms with Crippen molar-refractivity contribution >= 4 is 23.2 Å². The van der Waals surface area contributed by atoms with E-state index < -0.39 is 28.8 Å². The maximum atomic E-state index is 13.6. The lowest BCUT2D eigenvalue weighted by molar-refractivity contribution is -0.128. The van der Waals surface area contributed by atoms with E-state index in [0.29, 0.717) is 10.8 Å². The maximum absolute atomic E-state index is 13.6. The summed E-state index contributed by atoms with van der Waals surface area (Å²) >= 11 is 5.77. The number of benzene rings is 2. The molecule has 3 nitrogen and oxygen atoms in total. The van der Waals surface area contributed by atoms with Gasteiger partial charge in [0.25, 0.3) is 5.91 Å². The van der Waals surface area contributed by atoms with Crippen LogP contribution in [0.1, 0.15) is 13.8 Å². The molecule has 0 aliphatic heterocycles.